The molecule has 1 N–H and O–H groups in total. The van der Waals surface area contributed by atoms with Crippen molar-refractivity contribution in [3.63, 3.8) is 0 Å². The van der Waals surface area contributed by atoms with Crippen molar-refractivity contribution in [3.8, 4) is 0 Å². The number of ether oxygens (including phenoxy) is 1. The summed E-state index contributed by atoms with van der Waals surface area (Å²) in [4.78, 5) is 37.4. The Balaban J connectivity index is 1.98. The van der Waals surface area contributed by atoms with Crippen LogP contribution in [0.3, 0.4) is 0 Å². The second-order valence-electron chi connectivity index (χ2n) is 6.10. The molecule has 2 aromatic carbocycles. The number of nitrogens with zero attached hydrogens (tertiary/aromatic N) is 1. The first-order valence-electron chi connectivity index (χ1n) is 8.82. The SMILES string of the molecule is CCOC(=O)c1ccc(N(CCC(=O)Nc2ccc(C)cc2)C(C)=O)cc1. The molecular weight excluding hydrogens is 344 g/mol. The third-order valence-corrected chi connectivity index (χ3v) is 3.97. The summed E-state index contributed by atoms with van der Waals surface area (Å²) in [6.07, 6.45) is 0.160. The van der Waals surface area contributed by atoms with Crippen molar-refractivity contribution >= 4 is 29.2 Å². The second-order valence-corrected chi connectivity index (χ2v) is 6.10. The number of carbonyl (C=O) groups excluding carboxylic acids is 3. The van der Waals surface area contributed by atoms with Gasteiger partial charge in [-0.2, -0.15) is 0 Å². The number of aryl methyl sites for hydroxylation is 1. The van der Waals surface area contributed by atoms with Gasteiger partial charge in [-0.15, -0.1) is 0 Å². The average Bonchev–Trinajstić information content (AvgIpc) is 2.64. The summed E-state index contributed by atoms with van der Waals surface area (Å²) in [5.74, 6) is -0.758. The number of esters is 1. The Hall–Kier alpha value is -3.15. The maximum atomic E-state index is 12.2. The molecule has 0 heterocycles. The molecule has 27 heavy (non-hydrogen) atoms. The van der Waals surface area contributed by atoms with Crippen molar-refractivity contribution in [2.75, 3.05) is 23.4 Å². The van der Waals surface area contributed by atoms with E-state index in [1.54, 1.807) is 31.2 Å². The molecule has 2 aromatic rings. The Morgan fingerprint density at radius 2 is 1.63 bits per heavy atom. The lowest BCUT2D eigenvalue weighted by Crippen LogP contribution is -2.32. The van der Waals surface area contributed by atoms with Gasteiger partial charge in [0.05, 0.1) is 12.2 Å². The number of benzene rings is 2. The molecule has 0 radical (unpaired) electrons. The van der Waals surface area contributed by atoms with Crippen LogP contribution in [0.2, 0.25) is 0 Å². The van der Waals surface area contributed by atoms with E-state index in [1.165, 1.54) is 11.8 Å². The normalized spacial score (nSPS) is 10.2. The number of carbonyl (C=O) groups is 3. The first-order valence-corrected chi connectivity index (χ1v) is 8.82. The van der Waals surface area contributed by atoms with Crippen LogP contribution in [0.25, 0.3) is 0 Å². The van der Waals surface area contributed by atoms with E-state index in [0.29, 0.717) is 17.9 Å². The summed E-state index contributed by atoms with van der Waals surface area (Å²) in [5, 5.41) is 2.81. The second kappa shape index (κ2) is 9.52. The van der Waals surface area contributed by atoms with Crippen molar-refractivity contribution < 1.29 is 19.1 Å². The number of amides is 2. The highest BCUT2D eigenvalue weighted by molar-refractivity contribution is 5.95. The molecule has 0 saturated carbocycles. The lowest BCUT2D eigenvalue weighted by molar-refractivity contribution is -0.117. The van der Waals surface area contributed by atoms with Gasteiger partial charge in [0, 0.05) is 31.3 Å². The minimum absolute atomic E-state index is 0.160. The Morgan fingerprint density at radius 1 is 1.00 bits per heavy atom. The Morgan fingerprint density at radius 3 is 2.19 bits per heavy atom. The molecule has 0 atom stereocenters. The van der Waals surface area contributed by atoms with Crippen LogP contribution in [-0.4, -0.2) is 30.9 Å². The highest BCUT2D eigenvalue weighted by Crippen LogP contribution is 2.17. The Kier molecular flexibility index (Phi) is 7.11. The molecule has 0 saturated heterocycles. The van der Waals surface area contributed by atoms with E-state index in [0.717, 1.165) is 11.3 Å². The van der Waals surface area contributed by atoms with E-state index in [2.05, 4.69) is 5.32 Å². The minimum Gasteiger partial charge on any atom is -0.462 e. The molecule has 0 aliphatic rings. The molecule has 142 valence electrons. The minimum atomic E-state index is -0.407. The monoisotopic (exact) mass is 368 g/mol. The summed E-state index contributed by atoms with van der Waals surface area (Å²) in [6.45, 7) is 5.70. The number of nitrogens with one attached hydrogen (secondary N) is 1. The van der Waals surface area contributed by atoms with E-state index in [1.807, 2.05) is 31.2 Å². The van der Waals surface area contributed by atoms with Gasteiger partial charge in [-0.25, -0.2) is 4.79 Å². The molecule has 2 amide bonds. The van der Waals surface area contributed by atoms with Crippen LogP contribution < -0.4 is 10.2 Å². The lowest BCUT2D eigenvalue weighted by Gasteiger charge is -2.21. The zero-order valence-corrected chi connectivity index (χ0v) is 15.8. The van der Waals surface area contributed by atoms with Crippen LogP contribution in [0, 0.1) is 6.92 Å². The third-order valence-electron chi connectivity index (χ3n) is 3.97. The third kappa shape index (κ3) is 5.95. The molecule has 6 heteroatoms. The molecule has 0 spiro atoms. The number of rotatable bonds is 7. The van der Waals surface area contributed by atoms with E-state index < -0.39 is 5.97 Å². The largest absolute Gasteiger partial charge is 0.462 e. The number of hydrogen-bond donors (Lipinski definition) is 1. The predicted molar refractivity (Wildman–Crippen MR) is 105 cm³/mol. The van der Waals surface area contributed by atoms with Gasteiger partial charge in [-0.1, -0.05) is 17.7 Å². The van der Waals surface area contributed by atoms with Crippen LogP contribution in [0.5, 0.6) is 0 Å². The van der Waals surface area contributed by atoms with Crippen molar-refractivity contribution in [1.82, 2.24) is 0 Å². The standard InChI is InChI=1S/C21H24N2O4/c1-4-27-21(26)17-7-11-19(12-8-17)23(16(3)24)14-13-20(25)22-18-9-5-15(2)6-10-18/h5-12H,4,13-14H2,1-3H3,(H,22,25). The number of hydrogen-bond acceptors (Lipinski definition) is 4. The van der Waals surface area contributed by atoms with Gasteiger partial charge in [0.1, 0.15) is 0 Å². The van der Waals surface area contributed by atoms with Crippen molar-refractivity contribution in [1.29, 1.82) is 0 Å². The molecule has 0 aromatic heterocycles. The Labute approximate surface area is 159 Å². The van der Waals surface area contributed by atoms with Gasteiger partial charge in [0.15, 0.2) is 0 Å². The number of anilines is 2. The molecule has 6 nitrogen and oxygen atoms in total. The van der Waals surface area contributed by atoms with Gasteiger partial charge in [0.25, 0.3) is 0 Å². The molecule has 0 aliphatic heterocycles. The van der Waals surface area contributed by atoms with E-state index in [-0.39, 0.29) is 24.8 Å². The zero-order chi connectivity index (χ0) is 19.8. The predicted octanol–water partition coefficient (Wildman–Crippen LogP) is 3.55. The lowest BCUT2D eigenvalue weighted by atomic mass is 10.2. The summed E-state index contributed by atoms with van der Waals surface area (Å²) >= 11 is 0. The van der Waals surface area contributed by atoms with E-state index >= 15 is 0 Å². The average molecular weight is 368 g/mol. The van der Waals surface area contributed by atoms with Crippen molar-refractivity contribution in [3.05, 3.63) is 59.7 Å². The summed E-state index contributed by atoms with van der Waals surface area (Å²) in [7, 11) is 0. The van der Waals surface area contributed by atoms with Gasteiger partial charge < -0.3 is 15.0 Å². The summed E-state index contributed by atoms with van der Waals surface area (Å²) < 4.78 is 4.95. The van der Waals surface area contributed by atoms with Crippen molar-refractivity contribution in [2.45, 2.75) is 27.2 Å². The molecule has 0 aliphatic carbocycles. The smallest absolute Gasteiger partial charge is 0.338 e. The first kappa shape index (κ1) is 20.2. The highest BCUT2D eigenvalue weighted by atomic mass is 16.5. The molecular formula is C21H24N2O4. The van der Waals surface area contributed by atoms with Crippen LogP contribution >= 0.6 is 0 Å². The van der Waals surface area contributed by atoms with Gasteiger partial charge in [-0.05, 0) is 50.2 Å². The van der Waals surface area contributed by atoms with Crippen LogP contribution in [-0.2, 0) is 14.3 Å². The fourth-order valence-corrected chi connectivity index (χ4v) is 2.53. The van der Waals surface area contributed by atoms with Gasteiger partial charge in [-0.3, -0.25) is 9.59 Å². The molecule has 0 unspecified atom stereocenters. The molecule has 2 rings (SSSR count). The quantitative estimate of drug-likeness (QED) is 0.758. The summed E-state index contributed by atoms with van der Waals surface area (Å²) in [6, 6.07) is 14.1. The maximum Gasteiger partial charge on any atom is 0.338 e. The fraction of sp³-hybridized carbons (Fsp3) is 0.286. The van der Waals surface area contributed by atoms with E-state index in [4.69, 9.17) is 4.74 Å². The van der Waals surface area contributed by atoms with Crippen LogP contribution in [0.4, 0.5) is 11.4 Å². The summed E-state index contributed by atoms with van der Waals surface area (Å²) in [5.41, 5.74) is 2.88. The van der Waals surface area contributed by atoms with Crippen molar-refractivity contribution in [2.24, 2.45) is 0 Å². The van der Waals surface area contributed by atoms with Crippen LogP contribution in [0.1, 0.15) is 36.2 Å². The maximum absolute atomic E-state index is 12.2. The highest BCUT2D eigenvalue weighted by Gasteiger charge is 2.15. The van der Waals surface area contributed by atoms with Gasteiger partial charge >= 0.3 is 5.97 Å². The topological polar surface area (TPSA) is 75.7 Å². The van der Waals surface area contributed by atoms with E-state index in [9.17, 15) is 14.4 Å². The zero-order valence-electron chi connectivity index (χ0n) is 15.8. The first-order chi connectivity index (χ1) is 12.9. The molecule has 0 fully saturated rings. The van der Waals surface area contributed by atoms with Gasteiger partial charge in [0.2, 0.25) is 11.8 Å². The molecule has 0 bridgehead atoms. The Bertz CT molecular complexity index is 798. The van der Waals surface area contributed by atoms with Crippen LogP contribution in [0.15, 0.2) is 48.5 Å². The fourth-order valence-electron chi connectivity index (χ4n) is 2.53.